The van der Waals surface area contributed by atoms with Gasteiger partial charge in [0.25, 0.3) is 0 Å². The van der Waals surface area contributed by atoms with E-state index < -0.39 is 18.0 Å². The number of hydrogen-bond donors (Lipinski definition) is 3. The highest BCUT2D eigenvalue weighted by Crippen LogP contribution is 2.34. The van der Waals surface area contributed by atoms with Crippen LogP contribution in [0.5, 0.6) is 11.5 Å². The molecule has 2 amide bonds. The third-order valence-electron chi connectivity index (χ3n) is 3.71. The Kier molecular flexibility index (Phi) is 6.85. The maximum atomic E-state index is 12.4. The molecule has 26 heavy (non-hydrogen) atoms. The van der Waals surface area contributed by atoms with Crippen LogP contribution in [0.4, 0.5) is 4.79 Å². The van der Waals surface area contributed by atoms with Crippen molar-refractivity contribution in [3.8, 4) is 11.5 Å². The van der Waals surface area contributed by atoms with E-state index in [9.17, 15) is 9.59 Å². The highest BCUT2D eigenvalue weighted by molar-refractivity contribution is 5.95. The largest absolute Gasteiger partial charge is 0.490 e. The molecule has 0 saturated heterocycles. The number of ether oxygens (including phenoxy) is 3. The van der Waals surface area contributed by atoms with Gasteiger partial charge in [0.1, 0.15) is 6.61 Å². The molecule has 0 spiro atoms. The highest BCUT2D eigenvalue weighted by Gasteiger charge is 2.32. The van der Waals surface area contributed by atoms with E-state index in [0.717, 1.165) is 0 Å². The molecule has 0 aliphatic carbocycles. The fourth-order valence-corrected chi connectivity index (χ4v) is 2.67. The Bertz CT molecular complexity index is 701. The van der Waals surface area contributed by atoms with Crippen LogP contribution in [-0.2, 0) is 9.53 Å². The van der Waals surface area contributed by atoms with Gasteiger partial charge >= 0.3 is 12.0 Å². The Labute approximate surface area is 152 Å². The summed E-state index contributed by atoms with van der Waals surface area (Å²) < 4.78 is 16.2. The number of allylic oxidation sites excluding steroid dienone is 1. The Morgan fingerprint density at radius 2 is 1.96 bits per heavy atom. The molecule has 1 aliphatic rings. The lowest BCUT2D eigenvalue weighted by molar-refractivity contribution is -0.139. The first-order valence-corrected chi connectivity index (χ1v) is 8.47. The lowest BCUT2D eigenvalue weighted by atomic mass is 9.95. The van der Waals surface area contributed by atoms with Crippen molar-refractivity contribution in [2.24, 2.45) is 0 Å². The van der Waals surface area contributed by atoms with Crippen molar-refractivity contribution in [2.75, 3.05) is 26.4 Å². The summed E-state index contributed by atoms with van der Waals surface area (Å²) in [6.45, 7) is 5.87. The number of carbonyl (C=O) groups is 2. The van der Waals surface area contributed by atoms with Crippen molar-refractivity contribution < 1.29 is 28.9 Å². The second-order valence-corrected chi connectivity index (χ2v) is 5.50. The zero-order valence-corrected chi connectivity index (χ0v) is 15.1. The molecule has 8 heteroatoms. The Morgan fingerprint density at radius 3 is 2.62 bits per heavy atom. The molecule has 2 rings (SSSR count). The molecular weight excluding hydrogens is 340 g/mol. The minimum atomic E-state index is -0.672. The van der Waals surface area contributed by atoms with Crippen LogP contribution in [0.1, 0.15) is 32.4 Å². The summed E-state index contributed by atoms with van der Waals surface area (Å²) in [7, 11) is 0. The van der Waals surface area contributed by atoms with Gasteiger partial charge in [-0.2, -0.15) is 0 Å². The average molecular weight is 364 g/mol. The summed E-state index contributed by atoms with van der Waals surface area (Å²) in [5.41, 5.74) is 1.43. The second kappa shape index (κ2) is 9.10. The summed E-state index contributed by atoms with van der Waals surface area (Å²) >= 11 is 0. The molecule has 1 heterocycles. The number of nitrogens with one attached hydrogen (secondary N) is 2. The fraction of sp³-hybridized carbons (Fsp3) is 0.444. The first-order valence-electron chi connectivity index (χ1n) is 8.47. The van der Waals surface area contributed by atoms with Crippen LogP contribution in [0.3, 0.4) is 0 Å². The summed E-state index contributed by atoms with van der Waals surface area (Å²) in [5.74, 6) is 0.441. The van der Waals surface area contributed by atoms with Gasteiger partial charge in [-0.1, -0.05) is 6.07 Å². The summed E-state index contributed by atoms with van der Waals surface area (Å²) in [5, 5.41) is 14.3. The van der Waals surface area contributed by atoms with Gasteiger partial charge in [0.15, 0.2) is 11.5 Å². The molecule has 1 aromatic rings. The first-order chi connectivity index (χ1) is 12.5. The zero-order valence-electron chi connectivity index (χ0n) is 15.1. The van der Waals surface area contributed by atoms with Crippen LogP contribution in [0.15, 0.2) is 29.5 Å². The smallest absolute Gasteiger partial charge is 0.338 e. The third-order valence-corrected chi connectivity index (χ3v) is 3.71. The molecule has 3 N–H and O–H groups in total. The average Bonchev–Trinajstić information content (AvgIpc) is 2.60. The molecule has 0 unspecified atom stereocenters. The predicted molar refractivity (Wildman–Crippen MR) is 93.9 cm³/mol. The van der Waals surface area contributed by atoms with Gasteiger partial charge in [-0.05, 0) is 38.5 Å². The molecule has 1 aliphatic heterocycles. The standard InChI is InChI=1S/C18H24N2O6/c1-4-24-14-10-12(6-7-13(14)26-9-8-21)16-15(17(22)25-5-2)11(3)19-18(23)20-16/h6-7,10,16,21H,4-5,8-9H2,1-3H3,(H2,19,20,23)/t16-/m1/s1. The highest BCUT2D eigenvalue weighted by atomic mass is 16.5. The number of aliphatic hydroxyl groups excluding tert-OH is 1. The van der Waals surface area contributed by atoms with Crippen LogP contribution in [-0.4, -0.2) is 43.5 Å². The van der Waals surface area contributed by atoms with E-state index in [4.69, 9.17) is 19.3 Å². The van der Waals surface area contributed by atoms with Gasteiger partial charge < -0.3 is 30.0 Å². The zero-order chi connectivity index (χ0) is 19.1. The Balaban J connectivity index is 2.42. The minimum absolute atomic E-state index is 0.118. The normalized spacial score (nSPS) is 16.6. The fourth-order valence-electron chi connectivity index (χ4n) is 2.67. The molecule has 1 atom stereocenters. The van der Waals surface area contributed by atoms with E-state index in [0.29, 0.717) is 34.9 Å². The van der Waals surface area contributed by atoms with Gasteiger partial charge in [-0.15, -0.1) is 0 Å². The monoisotopic (exact) mass is 364 g/mol. The van der Waals surface area contributed by atoms with E-state index >= 15 is 0 Å². The van der Waals surface area contributed by atoms with Crippen molar-refractivity contribution in [1.82, 2.24) is 10.6 Å². The topological polar surface area (TPSA) is 106 Å². The van der Waals surface area contributed by atoms with Crippen LogP contribution in [0, 0.1) is 0 Å². The molecular formula is C18H24N2O6. The van der Waals surface area contributed by atoms with Gasteiger partial charge in [0.05, 0.1) is 31.4 Å². The van der Waals surface area contributed by atoms with E-state index in [-0.39, 0.29) is 19.8 Å². The lowest BCUT2D eigenvalue weighted by Crippen LogP contribution is -2.45. The van der Waals surface area contributed by atoms with Gasteiger partial charge in [0.2, 0.25) is 0 Å². The predicted octanol–water partition coefficient (Wildman–Crippen LogP) is 1.65. The van der Waals surface area contributed by atoms with E-state index in [1.165, 1.54) is 0 Å². The van der Waals surface area contributed by atoms with E-state index in [2.05, 4.69) is 10.6 Å². The molecule has 0 bridgehead atoms. The maximum Gasteiger partial charge on any atom is 0.338 e. The first kappa shape index (κ1) is 19.6. The lowest BCUT2D eigenvalue weighted by Gasteiger charge is -2.28. The minimum Gasteiger partial charge on any atom is -0.490 e. The number of rotatable bonds is 8. The number of urea groups is 1. The summed E-state index contributed by atoms with van der Waals surface area (Å²) in [6.07, 6.45) is 0. The quantitative estimate of drug-likeness (QED) is 0.606. The van der Waals surface area contributed by atoms with Crippen molar-refractivity contribution in [1.29, 1.82) is 0 Å². The van der Waals surface area contributed by atoms with Crippen LogP contribution >= 0.6 is 0 Å². The van der Waals surface area contributed by atoms with Gasteiger partial charge in [-0.25, -0.2) is 9.59 Å². The molecule has 0 fully saturated rings. The van der Waals surface area contributed by atoms with Gasteiger partial charge in [-0.3, -0.25) is 0 Å². The second-order valence-electron chi connectivity index (χ2n) is 5.50. The van der Waals surface area contributed by atoms with Gasteiger partial charge in [0, 0.05) is 5.70 Å². The summed E-state index contributed by atoms with van der Waals surface area (Å²) in [6, 6.07) is 4.05. The SMILES string of the molecule is CCOC(=O)C1=C(C)NC(=O)N[C@@H]1c1ccc(OCCO)c(OCC)c1. The molecule has 0 saturated carbocycles. The maximum absolute atomic E-state index is 12.4. The van der Waals surface area contributed by atoms with E-state index in [1.54, 1.807) is 32.0 Å². The molecule has 0 radical (unpaired) electrons. The number of hydrogen-bond acceptors (Lipinski definition) is 6. The van der Waals surface area contributed by atoms with Crippen LogP contribution in [0.2, 0.25) is 0 Å². The van der Waals surface area contributed by atoms with Crippen LogP contribution in [0.25, 0.3) is 0 Å². The van der Waals surface area contributed by atoms with Crippen LogP contribution < -0.4 is 20.1 Å². The van der Waals surface area contributed by atoms with Crippen molar-refractivity contribution in [3.63, 3.8) is 0 Å². The van der Waals surface area contributed by atoms with Crippen molar-refractivity contribution in [3.05, 3.63) is 35.0 Å². The Morgan fingerprint density at radius 1 is 1.19 bits per heavy atom. The number of carbonyl (C=O) groups excluding carboxylic acids is 2. The van der Waals surface area contributed by atoms with Crippen molar-refractivity contribution in [2.45, 2.75) is 26.8 Å². The van der Waals surface area contributed by atoms with E-state index in [1.807, 2.05) is 6.92 Å². The summed E-state index contributed by atoms with van der Waals surface area (Å²) in [4.78, 5) is 24.3. The molecule has 1 aromatic carbocycles. The third kappa shape index (κ3) is 4.45. The number of benzene rings is 1. The number of amides is 2. The Hall–Kier alpha value is -2.74. The number of esters is 1. The number of aliphatic hydroxyl groups is 1. The molecule has 142 valence electrons. The van der Waals surface area contributed by atoms with Crippen molar-refractivity contribution >= 4 is 12.0 Å². The molecule has 0 aromatic heterocycles. The molecule has 8 nitrogen and oxygen atoms in total.